The highest BCUT2D eigenvalue weighted by molar-refractivity contribution is 5.00. The lowest BCUT2D eigenvalue weighted by molar-refractivity contribution is 0.00909. The number of hydrogen-bond acceptors (Lipinski definition) is 1. The van der Waals surface area contributed by atoms with Crippen LogP contribution in [0.5, 0.6) is 0 Å². The smallest absolute Gasteiger partial charge is 0.118 e. The summed E-state index contributed by atoms with van der Waals surface area (Å²) in [5.41, 5.74) is 0.0248. The Morgan fingerprint density at radius 1 is 1.67 bits per heavy atom. The largest absolute Gasteiger partial charge is 0.360 e. The van der Waals surface area contributed by atoms with Crippen molar-refractivity contribution in [3.63, 3.8) is 0 Å². The molecule has 50 valence electrons. The Labute approximate surface area is 56.4 Å². The van der Waals surface area contributed by atoms with Gasteiger partial charge in [0.2, 0.25) is 0 Å². The Morgan fingerprint density at radius 3 is 2.56 bits per heavy atom. The third kappa shape index (κ3) is 1.46. The van der Waals surface area contributed by atoms with Gasteiger partial charge in [-0.25, -0.2) is 0 Å². The summed E-state index contributed by atoms with van der Waals surface area (Å²) < 4.78 is 5.46. The van der Waals surface area contributed by atoms with E-state index >= 15 is 0 Å². The number of hydrogen-bond donors (Lipinski definition) is 0. The van der Waals surface area contributed by atoms with Crippen molar-refractivity contribution in [2.45, 2.75) is 38.4 Å². The van der Waals surface area contributed by atoms with Crippen molar-refractivity contribution in [3.8, 4) is 12.3 Å². The van der Waals surface area contributed by atoms with Gasteiger partial charge in [-0.2, -0.15) is 0 Å². The second kappa shape index (κ2) is 2.04. The molecule has 0 radical (unpaired) electrons. The van der Waals surface area contributed by atoms with Gasteiger partial charge < -0.3 is 4.74 Å². The number of terminal acetylenes is 1. The van der Waals surface area contributed by atoms with Crippen molar-refractivity contribution < 1.29 is 4.74 Å². The van der Waals surface area contributed by atoms with Gasteiger partial charge in [0.15, 0.2) is 0 Å². The molecule has 1 aliphatic rings. The van der Waals surface area contributed by atoms with Crippen molar-refractivity contribution in [1.29, 1.82) is 0 Å². The van der Waals surface area contributed by atoms with E-state index in [0.717, 1.165) is 12.8 Å². The molecule has 1 fully saturated rings. The van der Waals surface area contributed by atoms with Gasteiger partial charge in [0.25, 0.3) is 0 Å². The van der Waals surface area contributed by atoms with Crippen LogP contribution in [0.2, 0.25) is 0 Å². The van der Waals surface area contributed by atoms with E-state index < -0.39 is 0 Å². The molecule has 0 bridgehead atoms. The van der Waals surface area contributed by atoms with E-state index in [4.69, 9.17) is 11.2 Å². The number of rotatable bonds is 0. The highest BCUT2D eigenvalue weighted by Gasteiger charge is 2.29. The topological polar surface area (TPSA) is 9.23 Å². The van der Waals surface area contributed by atoms with Gasteiger partial charge in [0, 0.05) is 0 Å². The highest BCUT2D eigenvalue weighted by atomic mass is 16.5. The average molecular weight is 124 g/mol. The molecule has 1 aliphatic heterocycles. The SMILES string of the molecule is C#C[C@@H]1CCC(C)(C)O1. The molecule has 9 heavy (non-hydrogen) atoms. The normalized spacial score (nSPS) is 31.9. The van der Waals surface area contributed by atoms with Gasteiger partial charge in [-0.05, 0) is 26.7 Å². The van der Waals surface area contributed by atoms with E-state index in [1.54, 1.807) is 0 Å². The van der Waals surface area contributed by atoms with Gasteiger partial charge in [-0.3, -0.25) is 0 Å². The molecule has 1 atom stereocenters. The van der Waals surface area contributed by atoms with Crippen LogP contribution in [0.1, 0.15) is 26.7 Å². The summed E-state index contributed by atoms with van der Waals surface area (Å²) in [6, 6.07) is 0. The predicted octanol–water partition coefficient (Wildman–Crippen LogP) is 1.58. The standard InChI is InChI=1S/C8H12O/c1-4-7-5-6-8(2,3)9-7/h1,7H,5-6H2,2-3H3/t7-/m1/s1. The first kappa shape index (κ1) is 6.64. The Balaban J connectivity index is 2.50. The zero-order valence-corrected chi connectivity index (χ0v) is 5.98. The molecule has 1 heterocycles. The molecule has 0 aromatic carbocycles. The molecule has 1 rings (SSSR count). The van der Waals surface area contributed by atoms with Crippen LogP contribution in [-0.4, -0.2) is 11.7 Å². The van der Waals surface area contributed by atoms with Gasteiger partial charge in [0.05, 0.1) is 5.60 Å². The zero-order chi connectivity index (χ0) is 6.91. The first-order chi connectivity index (χ1) is 4.14. The lowest BCUT2D eigenvalue weighted by Crippen LogP contribution is -2.18. The summed E-state index contributed by atoms with van der Waals surface area (Å²) in [6.45, 7) is 4.15. The minimum absolute atomic E-state index is 0.0248. The van der Waals surface area contributed by atoms with E-state index in [2.05, 4.69) is 19.8 Å². The Bertz CT molecular complexity index is 141. The van der Waals surface area contributed by atoms with Crippen molar-refractivity contribution in [3.05, 3.63) is 0 Å². The summed E-state index contributed by atoms with van der Waals surface area (Å²) in [4.78, 5) is 0. The molecule has 0 spiro atoms. The van der Waals surface area contributed by atoms with Crippen LogP contribution in [0.4, 0.5) is 0 Å². The molecule has 1 saturated heterocycles. The lowest BCUT2D eigenvalue weighted by Gasteiger charge is -2.16. The zero-order valence-electron chi connectivity index (χ0n) is 5.98. The molecule has 0 aromatic heterocycles. The summed E-state index contributed by atoms with van der Waals surface area (Å²) in [5, 5.41) is 0. The predicted molar refractivity (Wildman–Crippen MR) is 37.0 cm³/mol. The maximum Gasteiger partial charge on any atom is 0.118 e. The highest BCUT2D eigenvalue weighted by Crippen LogP contribution is 2.28. The van der Waals surface area contributed by atoms with E-state index in [0.29, 0.717) is 0 Å². The van der Waals surface area contributed by atoms with Crippen LogP contribution in [0, 0.1) is 12.3 Å². The second-order valence-corrected chi connectivity index (χ2v) is 3.07. The monoisotopic (exact) mass is 124 g/mol. The van der Waals surface area contributed by atoms with Crippen molar-refractivity contribution in [1.82, 2.24) is 0 Å². The Kier molecular flexibility index (Phi) is 1.50. The van der Waals surface area contributed by atoms with E-state index in [1.807, 2.05) is 0 Å². The van der Waals surface area contributed by atoms with Crippen LogP contribution in [0.3, 0.4) is 0 Å². The molecule has 0 unspecified atom stereocenters. The van der Waals surface area contributed by atoms with E-state index in [-0.39, 0.29) is 11.7 Å². The first-order valence-electron chi connectivity index (χ1n) is 3.28. The van der Waals surface area contributed by atoms with Crippen LogP contribution < -0.4 is 0 Å². The third-order valence-electron chi connectivity index (χ3n) is 1.66. The quantitative estimate of drug-likeness (QED) is 0.445. The first-order valence-corrected chi connectivity index (χ1v) is 3.28. The molecule has 1 heteroatoms. The van der Waals surface area contributed by atoms with Gasteiger partial charge in [-0.15, -0.1) is 6.42 Å². The molecule has 0 aromatic rings. The summed E-state index contributed by atoms with van der Waals surface area (Å²) in [7, 11) is 0. The fourth-order valence-corrected chi connectivity index (χ4v) is 1.10. The molecule has 1 nitrogen and oxygen atoms in total. The molecule has 0 N–H and O–H groups in total. The second-order valence-electron chi connectivity index (χ2n) is 3.07. The average Bonchev–Trinajstić information content (AvgIpc) is 2.10. The van der Waals surface area contributed by atoms with Gasteiger partial charge in [0.1, 0.15) is 6.10 Å². The summed E-state index contributed by atoms with van der Waals surface area (Å²) in [5.74, 6) is 2.60. The minimum Gasteiger partial charge on any atom is -0.360 e. The van der Waals surface area contributed by atoms with Gasteiger partial charge in [-0.1, -0.05) is 5.92 Å². The van der Waals surface area contributed by atoms with Crippen LogP contribution in [0.15, 0.2) is 0 Å². The van der Waals surface area contributed by atoms with Gasteiger partial charge >= 0.3 is 0 Å². The Hall–Kier alpha value is -0.480. The van der Waals surface area contributed by atoms with Crippen molar-refractivity contribution >= 4 is 0 Å². The fraction of sp³-hybridized carbons (Fsp3) is 0.750. The fourth-order valence-electron chi connectivity index (χ4n) is 1.10. The molecule has 0 saturated carbocycles. The van der Waals surface area contributed by atoms with Crippen LogP contribution in [0.25, 0.3) is 0 Å². The van der Waals surface area contributed by atoms with Crippen LogP contribution in [-0.2, 0) is 4.74 Å². The maximum atomic E-state index is 5.46. The molecular weight excluding hydrogens is 112 g/mol. The lowest BCUT2D eigenvalue weighted by atomic mass is 10.1. The number of ether oxygens (including phenoxy) is 1. The summed E-state index contributed by atoms with van der Waals surface area (Å²) >= 11 is 0. The molecule has 0 amide bonds. The third-order valence-corrected chi connectivity index (χ3v) is 1.66. The minimum atomic E-state index is 0.0248. The molecular formula is C8H12O. The maximum absolute atomic E-state index is 5.46. The Morgan fingerprint density at radius 2 is 2.33 bits per heavy atom. The van der Waals surface area contributed by atoms with E-state index in [9.17, 15) is 0 Å². The van der Waals surface area contributed by atoms with Crippen molar-refractivity contribution in [2.75, 3.05) is 0 Å². The van der Waals surface area contributed by atoms with E-state index in [1.165, 1.54) is 0 Å². The van der Waals surface area contributed by atoms with Crippen molar-refractivity contribution in [2.24, 2.45) is 0 Å². The summed E-state index contributed by atoms with van der Waals surface area (Å²) in [6.07, 6.45) is 7.35. The molecule has 0 aliphatic carbocycles. The van der Waals surface area contributed by atoms with Crippen LogP contribution >= 0.6 is 0 Å².